The van der Waals surface area contributed by atoms with Crippen LogP contribution in [0.15, 0.2) is 5.16 Å². The van der Waals surface area contributed by atoms with Crippen LogP contribution in [-0.4, -0.2) is 45.4 Å². The van der Waals surface area contributed by atoms with Gasteiger partial charge in [-0.1, -0.05) is 5.16 Å². The second kappa shape index (κ2) is 9.20. The molecule has 0 bridgehead atoms. The number of hydrogen-bond donors (Lipinski definition) is 4. The molecule has 102 valence electrons. The first-order chi connectivity index (χ1) is 7.95. The lowest BCUT2D eigenvalue weighted by Crippen LogP contribution is -2.26. The predicted octanol–water partition coefficient (Wildman–Crippen LogP) is -0.568. The molecular formula is C9H22N4O3S. The smallest absolute Gasteiger partial charge is 0.208 e. The zero-order chi connectivity index (χ0) is 13.1. The van der Waals surface area contributed by atoms with Crippen LogP contribution in [0, 0.1) is 0 Å². The monoisotopic (exact) mass is 266 g/mol. The molecule has 0 unspecified atom stereocenters. The molecule has 8 heteroatoms. The Morgan fingerprint density at radius 1 is 1.24 bits per heavy atom. The molecule has 0 spiro atoms. The first kappa shape index (κ1) is 16.1. The van der Waals surface area contributed by atoms with Crippen LogP contribution in [0.4, 0.5) is 0 Å². The average Bonchev–Trinajstić information content (AvgIpc) is 2.25. The van der Waals surface area contributed by atoms with Crippen LogP contribution < -0.4 is 15.8 Å². The van der Waals surface area contributed by atoms with Gasteiger partial charge in [-0.2, -0.15) is 0 Å². The molecule has 0 aliphatic heterocycles. The van der Waals surface area contributed by atoms with Gasteiger partial charge >= 0.3 is 0 Å². The van der Waals surface area contributed by atoms with Crippen molar-refractivity contribution in [1.82, 2.24) is 10.0 Å². The standard InChI is InChI=1S/C9H22N4O3S/c1-17(15,16)12-8-4-7-11-6-3-2-5-9(10)13-14/h11-12,14H,2-8H2,1H3,(H2,10,13). The van der Waals surface area contributed by atoms with Crippen molar-refractivity contribution in [3.63, 3.8) is 0 Å². The minimum absolute atomic E-state index is 0.252. The van der Waals surface area contributed by atoms with Crippen LogP contribution in [0.1, 0.15) is 25.7 Å². The van der Waals surface area contributed by atoms with Gasteiger partial charge in [-0.3, -0.25) is 0 Å². The minimum atomic E-state index is -3.07. The van der Waals surface area contributed by atoms with Crippen molar-refractivity contribution in [2.45, 2.75) is 25.7 Å². The molecular weight excluding hydrogens is 244 g/mol. The quantitative estimate of drug-likeness (QED) is 0.139. The van der Waals surface area contributed by atoms with Gasteiger partial charge in [-0.25, -0.2) is 13.1 Å². The lowest BCUT2D eigenvalue weighted by atomic mass is 10.2. The van der Waals surface area contributed by atoms with Crippen molar-refractivity contribution in [1.29, 1.82) is 0 Å². The third-order valence-corrected chi connectivity index (χ3v) is 2.79. The summed E-state index contributed by atoms with van der Waals surface area (Å²) in [5.74, 6) is 0.252. The predicted molar refractivity (Wildman–Crippen MR) is 67.6 cm³/mol. The lowest BCUT2D eigenvalue weighted by molar-refractivity contribution is 0.316. The Labute approximate surface area is 103 Å². The maximum absolute atomic E-state index is 10.7. The van der Waals surface area contributed by atoms with E-state index >= 15 is 0 Å². The Kier molecular flexibility index (Phi) is 8.73. The largest absolute Gasteiger partial charge is 0.409 e. The Balaban J connectivity index is 3.20. The Bertz CT molecular complexity index is 316. The van der Waals surface area contributed by atoms with Crippen LogP contribution in [0.25, 0.3) is 0 Å². The van der Waals surface area contributed by atoms with Crippen LogP contribution in [0.2, 0.25) is 0 Å². The number of rotatable bonds is 10. The molecule has 5 N–H and O–H groups in total. The van der Waals surface area contributed by atoms with E-state index in [9.17, 15) is 8.42 Å². The normalized spacial score (nSPS) is 12.9. The van der Waals surface area contributed by atoms with Gasteiger partial charge in [0, 0.05) is 13.0 Å². The SMILES string of the molecule is CS(=O)(=O)NCCCNCCCCC(N)=NO. The van der Waals surface area contributed by atoms with E-state index in [0.717, 1.165) is 38.6 Å². The van der Waals surface area contributed by atoms with Gasteiger partial charge in [0.2, 0.25) is 10.0 Å². The Morgan fingerprint density at radius 3 is 2.47 bits per heavy atom. The van der Waals surface area contributed by atoms with Gasteiger partial charge in [0.15, 0.2) is 0 Å². The summed E-state index contributed by atoms with van der Waals surface area (Å²) in [6.45, 7) is 2.07. The Morgan fingerprint density at radius 2 is 1.88 bits per heavy atom. The topological polar surface area (TPSA) is 117 Å². The average molecular weight is 266 g/mol. The van der Waals surface area contributed by atoms with Crippen molar-refractivity contribution in [3.05, 3.63) is 0 Å². The number of amidine groups is 1. The van der Waals surface area contributed by atoms with Crippen molar-refractivity contribution < 1.29 is 13.6 Å². The number of unbranched alkanes of at least 4 members (excludes halogenated alkanes) is 1. The van der Waals surface area contributed by atoms with Gasteiger partial charge in [0.05, 0.1) is 6.26 Å². The molecule has 0 saturated carbocycles. The Hall–Kier alpha value is -0.860. The molecule has 0 aromatic carbocycles. The summed E-state index contributed by atoms with van der Waals surface area (Å²) in [4.78, 5) is 0. The number of nitrogens with one attached hydrogen (secondary N) is 2. The van der Waals surface area contributed by atoms with E-state index in [1.165, 1.54) is 0 Å². The van der Waals surface area contributed by atoms with E-state index in [0.29, 0.717) is 13.0 Å². The number of nitrogens with two attached hydrogens (primary N) is 1. The van der Waals surface area contributed by atoms with Crippen molar-refractivity contribution >= 4 is 15.9 Å². The minimum Gasteiger partial charge on any atom is -0.409 e. The summed E-state index contributed by atoms with van der Waals surface area (Å²) < 4.78 is 23.9. The highest BCUT2D eigenvalue weighted by atomic mass is 32.2. The fourth-order valence-corrected chi connectivity index (χ4v) is 1.72. The van der Waals surface area contributed by atoms with Gasteiger partial charge < -0.3 is 16.3 Å². The highest BCUT2D eigenvalue weighted by Gasteiger charge is 1.98. The van der Waals surface area contributed by atoms with E-state index in [1.807, 2.05) is 0 Å². The van der Waals surface area contributed by atoms with E-state index in [2.05, 4.69) is 15.2 Å². The second-order valence-corrected chi connectivity index (χ2v) is 5.65. The molecule has 0 heterocycles. The van der Waals surface area contributed by atoms with Crippen LogP contribution >= 0.6 is 0 Å². The van der Waals surface area contributed by atoms with E-state index in [4.69, 9.17) is 10.9 Å². The highest BCUT2D eigenvalue weighted by molar-refractivity contribution is 7.88. The summed E-state index contributed by atoms with van der Waals surface area (Å²) in [6.07, 6.45) is 4.30. The van der Waals surface area contributed by atoms with Crippen molar-refractivity contribution in [2.24, 2.45) is 10.9 Å². The van der Waals surface area contributed by atoms with Crippen LogP contribution in [0.5, 0.6) is 0 Å². The van der Waals surface area contributed by atoms with E-state index in [-0.39, 0.29) is 5.84 Å². The van der Waals surface area contributed by atoms with Gasteiger partial charge in [-0.05, 0) is 32.4 Å². The zero-order valence-electron chi connectivity index (χ0n) is 10.1. The fraction of sp³-hybridized carbons (Fsp3) is 0.889. The third-order valence-electron chi connectivity index (χ3n) is 2.06. The highest BCUT2D eigenvalue weighted by Crippen LogP contribution is 1.93. The molecule has 0 atom stereocenters. The summed E-state index contributed by atoms with van der Waals surface area (Å²) >= 11 is 0. The number of hydrogen-bond acceptors (Lipinski definition) is 5. The van der Waals surface area contributed by atoms with Crippen LogP contribution in [-0.2, 0) is 10.0 Å². The molecule has 0 aromatic rings. The number of oxime groups is 1. The zero-order valence-corrected chi connectivity index (χ0v) is 11.0. The molecule has 0 saturated heterocycles. The second-order valence-electron chi connectivity index (χ2n) is 3.82. The molecule has 0 aliphatic carbocycles. The van der Waals surface area contributed by atoms with Gasteiger partial charge in [0.25, 0.3) is 0 Å². The summed E-state index contributed by atoms with van der Waals surface area (Å²) in [7, 11) is -3.07. The molecule has 0 aromatic heterocycles. The third kappa shape index (κ3) is 13.1. The maximum Gasteiger partial charge on any atom is 0.208 e. The number of sulfonamides is 1. The van der Waals surface area contributed by atoms with E-state index in [1.54, 1.807) is 0 Å². The molecule has 7 nitrogen and oxygen atoms in total. The van der Waals surface area contributed by atoms with Gasteiger partial charge in [-0.15, -0.1) is 0 Å². The first-order valence-corrected chi connectivity index (χ1v) is 7.46. The van der Waals surface area contributed by atoms with E-state index < -0.39 is 10.0 Å². The lowest BCUT2D eigenvalue weighted by Gasteiger charge is -2.05. The molecule has 0 amide bonds. The molecule has 0 radical (unpaired) electrons. The molecule has 0 fully saturated rings. The maximum atomic E-state index is 10.7. The first-order valence-electron chi connectivity index (χ1n) is 5.57. The van der Waals surface area contributed by atoms with Crippen molar-refractivity contribution in [3.8, 4) is 0 Å². The number of nitrogens with zero attached hydrogens (tertiary/aromatic N) is 1. The molecule has 0 rings (SSSR count). The molecule has 0 aliphatic rings. The van der Waals surface area contributed by atoms with Gasteiger partial charge in [0.1, 0.15) is 5.84 Å². The summed E-state index contributed by atoms with van der Waals surface area (Å²) in [6, 6.07) is 0. The summed E-state index contributed by atoms with van der Waals surface area (Å²) in [5.41, 5.74) is 5.31. The van der Waals surface area contributed by atoms with Crippen LogP contribution in [0.3, 0.4) is 0 Å². The molecule has 17 heavy (non-hydrogen) atoms. The fourth-order valence-electron chi connectivity index (χ4n) is 1.20. The summed E-state index contributed by atoms with van der Waals surface area (Å²) in [5, 5.41) is 14.4. The van der Waals surface area contributed by atoms with Crippen molar-refractivity contribution in [2.75, 3.05) is 25.9 Å².